The third kappa shape index (κ3) is 5.15. The van der Waals surface area contributed by atoms with Crippen molar-refractivity contribution in [1.82, 2.24) is 0 Å². The van der Waals surface area contributed by atoms with E-state index in [0.29, 0.717) is 18.3 Å². The number of benzene rings is 1. The minimum Gasteiger partial charge on any atom is -0.489 e. The number of aliphatic imine (C=N–C) groups is 1. The van der Waals surface area contributed by atoms with E-state index in [1.54, 1.807) is 18.2 Å². The van der Waals surface area contributed by atoms with Crippen molar-refractivity contribution in [2.24, 2.45) is 10.9 Å². The summed E-state index contributed by atoms with van der Waals surface area (Å²) in [5, 5.41) is 0. The van der Waals surface area contributed by atoms with Gasteiger partial charge in [-0.3, -0.25) is 4.99 Å². The van der Waals surface area contributed by atoms with Crippen molar-refractivity contribution in [2.75, 3.05) is 13.2 Å². The van der Waals surface area contributed by atoms with E-state index in [9.17, 15) is 8.78 Å². The molecule has 0 radical (unpaired) electrons. The van der Waals surface area contributed by atoms with Gasteiger partial charge in [0, 0.05) is 12.8 Å². The van der Waals surface area contributed by atoms with Crippen molar-refractivity contribution in [3.8, 4) is 11.5 Å². The van der Waals surface area contributed by atoms with E-state index in [-0.39, 0.29) is 5.75 Å². The van der Waals surface area contributed by atoms with Gasteiger partial charge in [-0.2, -0.15) is 8.78 Å². The lowest BCUT2D eigenvalue weighted by Gasteiger charge is -2.14. The molecule has 0 saturated heterocycles. The first-order valence-corrected chi connectivity index (χ1v) is 8.77. The highest BCUT2D eigenvalue weighted by molar-refractivity contribution is 5.76. The monoisotopic (exact) mass is 347 g/mol. The molecule has 5 heteroatoms. The van der Waals surface area contributed by atoms with E-state index in [2.05, 4.69) is 22.7 Å². The summed E-state index contributed by atoms with van der Waals surface area (Å²) >= 11 is 0. The molecule has 0 atom stereocenters. The van der Waals surface area contributed by atoms with Crippen LogP contribution in [0.3, 0.4) is 0 Å². The van der Waals surface area contributed by atoms with Crippen LogP contribution in [0.1, 0.15) is 38.2 Å². The molecule has 3 rings (SSSR count). The minimum absolute atomic E-state index is 0.0925. The summed E-state index contributed by atoms with van der Waals surface area (Å²) < 4.78 is 35.6. The highest BCUT2D eigenvalue weighted by Gasteiger charge is 2.23. The second kappa shape index (κ2) is 8.28. The Bertz CT molecular complexity index is 691. The lowest BCUT2D eigenvalue weighted by molar-refractivity contribution is -0.0515. The zero-order valence-corrected chi connectivity index (χ0v) is 14.4. The number of ether oxygens (including phenoxy) is 2. The second-order valence-corrected chi connectivity index (χ2v) is 6.36. The smallest absolute Gasteiger partial charge is 0.387 e. The van der Waals surface area contributed by atoms with Crippen LogP contribution in [0.4, 0.5) is 8.78 Å². The second-order valence-electron chi connectivity index (χ2n) is 6.36. The molecule has 0 amide bonds. The molecule has 0 spiro atoms. The topological polar surface area (TPSA) is 30.8 Å². The van der Waals surface area contributed by atoms with Gasteiger partial charge in [0.05, 0.1) is 6.61 Å². The van der Waals surface area contributed by atoms with Crippen molar-refractivity contribution in [2.45, 2.75) is 39.2 Å². The van der Waals surface area contributed by atoms with Gasteiger partial charge in [-0.15, -0.1) is 0 Å². The fraction of sp³-hybridized carbons (Fsp3) is 0.450. The van der Waals surface area contributed by atoms with Gasteiger partial charge >= 0.3 is 6.61 Å². The van der Waals surface area contributed by atoms with Crippen LogP contribution < -0.4 is 9.47 Å². The van der Waals surface area contributed by atoms with Crippen molar-refractivity contribution in [1.29, 1.82) is 0 Å². The maximum Gasteiger partial charge on any atom is 0.387 e. The molecule has 25 heavy (non-hydrogen) atoms. The number of halogens is 2. The number of hydrogen-bond donors (Lipinski definition) is 0. The van der Waals surface area contributed by atoms with Gasteiger partial charge in [0.1, 0.15) is 0 Å². The molecule has 0 aromatic heterocycles. The quantitative estimate of drug-likeness (QED) is 0.641. The van der Waals surface area contributed by atoms with E-state index < -0.39 is 6.61 Å². The Morgan fingerprint density at radius 2 is 2.16 bits per heavy atom. The molecule has 2 aliphatic rings. The lowest BCUT2D eigenvalue weighted by Crippen LogP contribution is -2.06. The summed E-state index contributed by atoms with van der Waals surface area (Å²) in [6.45, 7) is 0.606. The Balaban J connectivity index is 1.84. The van der Waals surface area contributed by atoms with Crippen LogP contribution in [0, 0.1) is 5.92 Å². The molecular formula is C20H23F2NO2. The van der Waals surface area contributed by atoms with Crippen molar-refractivity contribution < 1.29 is 18.3 Å². The van der Waals surface area contributed by atoms with E-state index >= 15 is 0 Å². The third-order valence-corrected chi connectivity index (χ3v) is 4.38. The Morgan fingerprint density at radius 1 is 1.32 bits per heavy atom. The SMILES string of the molecule is CC/C(=C\c1ccc(OC(F)F)c(OCC2CC2)c1)C1=CC=NCC1. The summed E-state index contributed by atoms with van der Waals surface area (Å²) in [4.78, 5) is 4.21. The minimum atomic E-state index is -2.86. The van der Waals surface area contributed by atoms with Crippen LogP contribution in [0.2, 0.25) is 0 Å². The first-order valence-electron chi connectivity index (χ1n) is 8.77. The number of rotatable bonds is 8. The van der Waals surface area contributed by atoms with Gasteiger partial charge in [0.25, 0.3) is 0 Å². The molecule has 0 bridgehead atoms. The average Bonchev–Trinajstić information content (AvgIpc) is 3.44. The zero-order valence-electron chi connectivity index (χ0n) is 14.4. The van der Waals surface area contributed by atoms with Crippen LogP contribution in [-0.2, 0) is 0 Å². The highest BCUT2D eigenvalue weighted by atomic mass is 19.3. The number of allylic oxidation sites excluding steroid dienone is 2. The van der Waals surface area contributed by atoms with Crippen LogP contribution in [0.15, 0.2) is 40.4 Å². The normalized spacial score (nSPS) is 17.6. The Hall–Kier alpha value is -2.17. The summed E-state index contributed by atoms with van der Waals surface area (Å²) in [6, 6.07) is 5.13. The molecule has 134 valence electrons. The average molecular weight is 347 g/mol. The van der Waals surface area contributed by atoms with Crippen molar-refractivity contribution in [3.05, 3.63) is 41.0 Å². The number of dihydropyridines is 1. The highest BCUT2D eigenvalue weighted by Crippen LogP contribution is 2.35. The van der Waals surface area contributed by atoms with E-state index in [1.807, 2.05) is 12.3 Å². The summed E-state index contributed by atoms with van der Waals surface area (Å²) in [5.41, 5.74) is 3.42. The number of nitrogens with zero attached hydrogens (tertiary/aromatic N) is 1. The van der Waals surface area contributed by atoms with E-state index in [4.69, 9.17) is 4.74 Å². The van der Waals surface area contributed by atoms with Crippen LogP contribution >= 0.6 is 0 Å². The first kappa shape index (κ1) is 17.6. The maximum atomic E-state index is 12.6. The third-order valence-electron chi connectivity index (χ3n) is 4.38. The molecule has 1 aromatic carbocycles. The Morgan fingerprint density at radius 3 is 2.80 bits per heavy atom. The molecule has 0 N–H and O–H groups in total. The fourth-order valence-corrected chi connectivity index (χ4v) is 2.79. The predicted molar refractivity (Wildman–Crippen MR) is 95.6 cm³/mol. The zero-order chi connectivity index (χ0) is 17.6. The van der Waals surface area contributed by atoms with Crippen molar-refractivity contribution >= 4 is 12.3 Å². The van der Waals surface area contributed by atoms with Gasteiger partial charge < -0.3 is 9.47 Å². The molecule has 1 fully saturated rings. The Labute approximate surface area is 147 Å². The molecule has 0 unspecified atom stereocenters. The summed E-state index contributed by atoms with van der Waals surface area (Å²) in [7, 11) is 0. The predicted octanol–water partition coefficient (Wildman–Crippen LogP) is 5.27. The molecule has 1 aliphatic heterocycles. The standard InChI is InChI=1S/C20H23F2NO2/c1-2-16(17-7-9-23-10-8-17)11-15-5-6-18(25-20(21)22)19(12-15)24-13-14-3-4-14/h5-7,9,11-12,14,20H,2-4,8,10,13H2,1H3/b16-11+. The van der Waals surface area contributed by atoms with Gasteiger partial charge in [-0.05, 0) is 66.5 Å². The molecule has 1 aliphatic carbocycles. The largest absolute Gasteiger partial charge is 0.489 e. The Kier molecular flexibility index (Phi) is 5.84. The maximum absolute atomic E-state index is 12.6. The molecule has 1 aromatic rings. The van der Waals surface area contributed by atoms with Crippen LogP contribution in [0.5, 0.6) is 11.5 Å². The fourth-order valence-electron chi connectivity index (χ4n) is 2.79. The van der Waals surface area contributed by atoms with E-state index in [1.165, 1.54) is 11.1 Å². The number of hydrogen-bond acceptors (Lipinski definition) is 3. The van der Waals surface area contributed by atoms with Gasteiger partial charge in [-0.25, -0.2) is 0 Å². The van der Waals surface area contributed by atoms with Gasteiger partial charge in [0.2, 0.25) is 0 Å². The lowest BCUT2D eigenvalue weighted by atomic mass is 9.96. The van der Waals surface area contributed by atoms with Crippen LogP contribution in [-0.4, -0.2) is 26.0 Å². The summed E-state index contributed by atoms with van der Waals surface area (Å²) in [6.07, 6.45) is 10.1. The molecular weight excluding hydrogens is 324 g/mol. The molecule has 1 saturated carbocycles. The van der Waals surface area contributed by atoms with Gasteiger partial charge in [-0.1, -0.05) is 19.1 Å². The summed E-state index contributed by atoms with van der Waals surface area (Å²) in [5.74, 6) is 1.02. The molecule has 3 nitrogen and oxygen atoms in total. The van der Waals surface area contributed by atoms with Crippen molar-refractivity contribution in [3.63, 3.8) is 0 Å². The number of alkyl halides is 2. The van der Waals surface area contributed by atoms with Crippen LogP contribution in [0.25, 0.3) is 6.08 Å². The molecule has 1 heterocycles. The first-order chi connectivity index (χ1) is 12.2. The van der Waals surface area contributed by atoms with E-state index in [0.717, 1.165) is 37.8 Å². The van der Waals surface area contributed by atoms with Gasteiger partial charge in [0.15, 0.2) is 11.5 Å².